The lowest BCUT2D eigenvalue weighted by Gasteiger charge is -2.33. The summed E-state index contributed by atoms with van der Waals surface area (Å²) in [5.41, 5.74) is 0.527. The number of fused-ring (bicyclic) bond motifs is 3. The van der Waals surface area contributed by atoms with Crippen molar-refractivity contribution in [2.24, 2.45) is 11.8 Å². The first-order valence-electron chi connectivity index (χ1n) is 6.83. The minimum absolute atomic E-state index is 0.460. The molecule has 4 rings (SSSR count). The summed E-state index contributed by atoms with van der Waals surface area (Å²) in [7, 11) is 0. The van der Waals surface area contributed by atoms with E-state index < -0.39 is 5.60 Å². The van der Waals surface area contributed by atoms with E-state index in [2.05, 4.69) is 17.1 Å². The molecular formula is C16H17NO. The van der Waals surface area contributed by atoms with Gasteiger partial charge in [0.25, 0.3) is 0 Å². The molecule has 2 aromatic rings. The van der Waals surface area contributed by atoms with Gasteiger partial charge in [-0.25, -0.2) is 0 Å². The normalized spacial score (nSPS) is 34.3. The Morgan fingerprint density at radius 3 is 2.94 bits per heavy atom. The smallest absolute Gasteiger partial charge is 0.0933 e. The highest BCUT2D eigenvalue weighted by atomic mass is 16.3. The molecule has 2 nitrogen and oxygen atoms in total. The minimum atomic E-state index is -0.593. The molecule has 2 saturated carbocycles. The van der Waals surface area contributed by atoms with Crippen molar-refractivity contribution < 1.29 is 5.11 Å². The van der Waals surface area contributed by atoms with Crippen LogP contribution in [0.2, 0.25) is 0 Å². The number of aliphatic hydroxyl groups is 1. The molecule has 0 radical (unpaired) electrons. The largest absolute Gasteiger partial charge is 0.385 e. The summed E-state index contributed by atoms with van der Waals surface area (Å²) in [5, 5.41) is 13.4. The molecule has 3 unspecified atom stereocenters. The summed E-state index contributed by atoms with van der Waals surface area (Å²) >= 11 is 0. The van der Waals surface area contributed by atoms with Gasteiger partial charge in [-0.15, -0.1) is 0 Å². The fourth-order valence-corrected chi connectivity index (χ4v) is 4.13. The Bertz CT molecular complexity index is 604. The van der Waals surface area contributed by atoms with Gasteiger partial charge >= 0.3 is 0 Å². The molecular weight excluding hydrogens is 222 g/mol. The predicted molar refractivity (Wildman–Crippen MR) is 71.1 cm³/mol. The minimum Gasteiger partial charge on any atom is -0.385 e. The van der Waals surface area contributed by atoms with E-state index in [9.17, 15) is 5.11 Å². The van der Waals surface area contributed by atoms with Crippen molar-refractivity contribution >= 4 is 10.8 Å². The number of nitrogens with zero attached hydrogens (tertiary/aromatic N) is 1. The molecule has 3 atom stereocenters. The van der Waals surface area contributed by atoms with Crippen LogP contribution < -0.4 is 0 Å². The number of rotatable bonds is 1. The second-order valence-electron chi connectivity index (χ2n) is 5.91. The van der Waals surface area contributed by atoms with Crippen LogP contribution in [0.25, 0.3) is 10.8 Å². The molecule has 2 heteroatoms. The predicted octanol–water partition coefficient (Wildman–Crippen LogP) is 3.24. The summed E-state index contributed by atoms with van der Waals surface area (Å²) in [6, 6.07) is 8.25. The van der Waals surface area contributed by atoms with Crippen molar-refractivity contribution in [2.75, 3.05) is 0 Å². The van der Waals surface area contributed by atoms with Crippen molar-refractivity contribution in [3.05, 3.63) is 42.2 Å². The molecule has 1 heterocycles. The monoisotopic (exact) mass is 239 g/mol. The van der Waals surface area contributed by atoms with Crippen LogP contribution in [0.4, 0.5) is 0 Å². The quantitative estimate of drug-likeness (QED) is 0.828. The van der Waals surface area contributed by atoms with Crippen molar-refractivity contribution in [1.82, 2.24) is 4.98 Å². The average Bonchev–Trinajstić information content (AvgIpc) is 2.98. The lowest BCUT2D eigenvalue weighted by atomic mass is 9.77. The number of hydrogen-bond donors (Lipinski definition) is 1. The van der Waals surface area contributed by atoms with E-state index in [0.717, 1.165) is 23.3 Å². The van der Waals surface area contributed by atoms with Gasteiger partial charge in [-0.2, -0.15) is 0 Å². The lowest BCUT2D eigenvalue weighted by Crippen LogP contribution is -2.32. The Morgan fingerprint density at radius 2 is 2.17 bits per heavy atom. The van der Waals surface area contributed by atoms with E-state index in [4.69, 9.17) is 0 Å². The van der Waals surface area contributed by atoms with Gasteiger partial charge < -0.3 is 5.11 Å². The van der Waals surface area contributed by atoms with Gasteiger partial charge in [0.05, 0.1) is 5.60 Å². The van der Waals surface area contributed by atoms with Crippen LogP contribution in [0.1, 0.15) is 31.2 Å². The molecule has 1 aromatic heterocycles. The molecule has 0 amide bonds. The Labute approximate surface area is 107 Å². The molecule has 18 heavy (non-hydrogen) atoms. The van der Waals surface area contributed by atoms with E-state index >= 15 is 0 Å². The maximum absolute atomic E-state index is 11.1. The molecule has 2 aliphatic carbocycles. The van der Waals surface area contributed by atoms with Gasteiger partial charge in [0, 0.05) is 17.8 Å². The van der Waals surface area contributed by atoms with E-state index in [-0.39, 0.29) is 0 Å². The molecule has 92 valence electrons. The Kier molecular flexibility index (Phi) is 2.07. The van der Waals surface area contributed by atoms with E-state index in [1.807, 2.05) is 24.5 Å². The standard InChI is InChI=1S/C16H17NO/c18-16(9-11-4-5-13(16)8-11)15-3-1-2-12-10-17-7-6-14(12)15/h1-3,6-7,10-11,13,18H,4-5,8-9H2. The van der Waals surface area contributed by atoms with Crippen LogP contribution in [-0.4, -0.2) is 10.1 Å². The molecule has 1 N–H and O–H groups in total. The third-order valence-corrected chi connectivity index (χ3v) is 4.96. The second kappa shape index (κ2) is 3.55. The van der Waals surface area contributed by atoms with Gasteiger partial charge in [-0.05, 0) is 54.5 Å². The topological polar surface area (TPSA) is 33.1 Å². The summed E-state index contributed by atoms with van der Waals surface area (Å²) in [6.07, 6.45) is 8.34. The first-order chi connectivity index (χ1) is 8.77. The maximum Gasteiger partial charge on any atom is 0.0933 e. The second-order valence-corrected chi connectivity index (χ2v) is 5.91. The number of hydrogen-bond acceptors (Lipinski definition) is 2. The van der Waals surface area contributed by atoms with Crippen molar-refractivity contribution in [3.8, 4) is 0 Å². The molecule has 0 saturated heterocycles. The third-order valence-electron chi connectivity index (χ3n) is 4.96. The Morgan fingerprint density at radius 1 is 1.22 bits per heavy atom. The fourth-order valence-electron chi connectivity index (χ4n) is 4.13. The van der Waals surface area contributed by atoms with Crippen molar-refractivity contribution in [3.63, 3.8) is 0 Å². The van der Waals surface area contributed by atoms with Gasteiger partial charge in [0.2, 0.25) is 0 Å². The average molecular weight is 239 g/mol. The van der Waals surface area contributed by atoms with Gasteiger partial charge in [-0.3, -0.25) is 4.98 Å². The summed E-state index contributed by atoms with van der Waals surface area (Å²) in [5.74, 6) is 1.19. The molecule has 1 aromatic carbocycles. The fraction of sp³-hybridized carbons (Fsp3) is 0.438. The zero-order chi connectivity index (χ0) is 12.2. The summed E-state index contributed by atoms with van der Waals surface area (Å²) in [4.78, 5) is 4.17. The Hall–Kier alpha value is -1.41. The van der Waals surface area contributed by atoms with Crippen LogP contribution >= 0.6 is 0 Å². The van der Waals surface area contributed by atoms with E-state index in [0.29, 0.717) is 5.92 Å². The highest BCUT2D eigenvalue weighted by Gasteiger charge is 2.51. The number of pyridine rings is 1. The van der Waals surface area contributed by atoms with Crippen LogP contribution in [0.15, 0.2) is 36.7 Å². The highest BCUT2D eigenvalue weighted by molar-refractivity contribution is 5.85. The van der Waals surface area contributed by atoms with Gasteiger partial charge in [0.15, 0.2) is 0 Å². The number of benzene rings is 1. The van der Waals surface area contributed by atoms with E-state index in [1.165, 1.54) is 24.6 Å². The third kappa shape index (κ3) is 1.30. The van der Waals surface area contributed by atoms with Crippen LogP contribution in [-0.2, 0) is 5.60 Å². The summed E-state index contributed by atoms with van der Waals surface area (Å²) < 4.78 is 0. The van der Waals surface area contributed by atoms with E-state index in [1.54, 1.807) is 0 Å². The van der Waals surface area contributed by atoms with Gasteiger partial charge in [-0.1, -0.05) is 18.2 Å². The van der Waals surface area contributed by atoms with Crippen LogP contribution in [0, 0.1) is 11.8 Å². The van der Waals surface area contributed by atoms with Gasteiger partial charge in [0.1, 0.15) is 0 Å². The summed E-state index contributed by atoms with van der Waals surface area (Å²) in [6.45, 7) is 0. The number of aromatic nitrogens is 1. The maximum atomic E-state index is 11.1. The van der Waals surface area contributed by atoms with Crippen LogP contribution in [0.3, 0.4) is 0 Å². The Balaban J connectivity index is 1.92. The first-order valence-corrected chi connectivity index (χ1v) is 6.83. The van der Waals surface area contributed by atoms with Crippen molar-refractivity contribution in [2.45, 2.75) is 31.3 Å². The molecule has 2 bridgehead atoms. The SMILES string of the molecule is OC1(c2cccc3cnccc23)CC2CCC1C2. The molecule has 0 aliphatic heterocycles. The zero-order valence-corrected chi connectivity index (χ0v) is 10.3. The molecule has 2 fully saturated rings. The first kappa shape index (κ1) is 10.5. The highest BCUT2D eigenvalue weighted by Crippen LogP contribution is 2.56. The zero-order valence-electron chi connectivity index (χ0n) is 10.3. The van der Waals surface area contributed by atoms with Crippen LogP contribution in [0.5, 0.6) is 0 Å². The molecule has 0 spiro atoms. The lowest BCUT2D eigenvalue weighted by molar-refractivity contribution is -0.0168. The molecule has 2 aliphatic rings. The van der Waals surface area contributed by atoms with Crippen molar-refractivity contribution in [1.29, 1.82) is 0 Å².